The maximum Gasteiger partial charge on any atom is 0.534 e. The molecule has 0 saturated carbocycles. The number of halogens is 3. The number of nitrogens with zero attached hydrogens (tertiary/aromatic N) is 1. The van der Waals surface area contributed by atoms with Gasteiger partial charge in [-0.2, -0.15) is 21.6 Å². The lowest BCUT2D eigenvalue weighted by atomic mass is 10.0. The Morgan fingerprint density at radius 3 is 2.13 bits per heavy atom. The van der Waals surface area contributed by atoms with E-state index in [2.05, 4.69) is 4.18 Å². The molecule has 1 amide bonds. The second-order valence-corrected chi connectivity index (χ2v) is 15.3. The summed E-state index contributed by atoms with van der Waals surface area (Å²) >= 11 is 0. The van der Waals surface area contributed by atoms with Gasteiger partial charge in [0.2, 0.25) is 0 Å². The number of benzene rings is 1. The minimum atomic E-state index is -5.95. The van der Waals surface area contributed by atoms with Crippen LogP contribution in [0.4, 0.5) is 13.2 Å². The predicted molar refractivity (Wildman–Crippen MR) is 113 cm³/mol. The van der Waals surface area contributed by atoms with Crippen LogP contribution in [0.2, 0.25) is 18.1 Å². The first-order chi connectivity index (χ1) is 14.0. The lowest BCUT2D eigenvalue weighted by molar-refractivity contribution is -0.132. The lowest BCUT2D eigenvalue weighted by Gasteiger charge is -2.45. The Kier molecular flexibility index (Phi) is 7.04. The minimum absolute atomic E-state index is 0.188. The quantitative estimate of drug-likeness (QED) is 0.340. The Bertz CT molecular complexity index is 940. The second-order valence-electron chi connectivity index (χ2n) is 9.02. The van der Waals surface area contributed by atoms with Crippen LogP contribution in [0.25, 0.3) is 0 Å². The third-order valence-electron chi connectivity index (χ3n) is 5.67. The van der Waals surface area contributed by atoms with Crippen LogP contribution in [0, 0.1) is 0 Å². The number of rotatable bonds is 6. The zero-order valence-electron chi connectivity index (χ0n) is 18.4. The summed E-state index contributed by atoms with van der Waals surface area (Å²) in [7, 11) is -8.52. The highest BCUT2D eigenvalue weighted by Gasteiger charge is 2.52. The highest BCUT2D eigenvalue weighted by Crippen LogP contribution is 2.40. The van der Waals surface area contributed by atoms with E-state index >= 15 is 0 Å². The maximum absolute atomic E-state index is 12.9. The van der Waals surface area contributed by atoms with Crippen LogP contribution in [0.5, 0.6) is 0 Å². The maximum atomic E-state index is 12.9. The Labute approximate surface area is 182 Å². The summed E-state index contributed by atoms with van der Waals surface area (Å²) in [4.78, 5) is 14.1. The van der Waals surface area contributed by atoms with Gasteiger partial charge in [0, 0.05) is 12.6 Å². The van der Waals surface area contributed by atoms with E-state index in [-0.39, 0.29) is 11.6 Å². The van der Waals surface area contributed by atoms with Gasteiger partial charge >= 0.3 is 15.6 Å². The first-order valence-electron chi connectivity index (χ1n) is 9.71. The number of amides is 1. The second kappa shape index (κ2) is 8.59. The van der Waals surface area contributed by atoms with E-state index in [1.807, 2.05) is 52.1 Å². The molecular weight excluding hydrogens is 451 g/mol. The van der Waals surface area contributed by atoms with Gasteiger partial charge in [0.15, 0.2) is 14.1 Å². The third kappa shape index (κ3) is 5.69. The topological polar surface area (TPSA) is 72.9 Å². The number of hydrogen-bond donors (Lipinski definition) is 0. The predicted octanol–water partition coefficient (Wildman–Crippen LogP) is 4.56. The highest BCUT2D eigenvalue weighted by atomic mass is 32.2. The number of carbonyl (C=O) groups excluding carboxylic acids is 1. The Hall–Kier alpha value is -1.85. The molecule has 0 radical (unpaired) electrons. The minimum Gasteiger partial charge on any atom is -0.405 e. The molecule has 11 heteroatoms. The molecule has 2 rings (SSSR count). The summed E-state index contributed by atoms with van der Waals surface area (Å²) in [5.74, 6) is -1.30. The van der Waals surface area contributed by atoms with Crippen LogP contribution >= 0.6 is 0 Å². The van der Waals surface area contributed by atoms with Crippen LogP contribution in [0.3, 0.4) is 0 Å². The number of hydrogen-bond acceptors (Lipinski definition) is 5. The van der Waals surface area contributed by atoms with Crippen LogP contribution in [-0.2, 0) is 30.1 Å². The summed E-state index contributed by atoms with van der Waals surface area (Å²) in [6.45, 7) is 11.4. The van der Waals surface area contributed by atoms with Crippen molar-refractivity contribution in [2.24, 2.45) is 0 Å². The van der Waals surface area contributed by atoms with Crippen molar-refractivity contribution in [3.05, 3.63) is 47.7 Å². The van der Waals surface area contributed by atoms with Gasteiger partial charge in [-0.3, -0.25) is 4.79 Å². The average molecular weight is 480 g/mol. The number of alkyl halides is 3. The van der Waals surface area contributed by atoms with Crippen molar-refractivity contribution in [3.8, 4) is 0 Å². The molecule has 2 atom stereocenters. The van der Waals surface area contributed by atoms with E-state index in [9.17, 15) is 26.4 Å². The monoisotopic (exact) mass is 479 g/mol. The van der Waals surface area contributed by atoms with Crippen molar-refractivity contribution in [1.82, 2.24) is 4.90 Å². The van der Waals surface area contributed by atoms with Crippen LogP contribution in [-0.4, -0.2) is 45.2 Å². The van der Waals surface area contributed by atoms with E-state index in [0.717, 1.165) is 11.6 Å². The molecular formula is C20H28F3NO5SSi. The Morgan fingerprint density at radius 2 is 1.65 bits per heavy atom. The van der Waals surface area contributed by atoms with Crippen molar-refractivity contribution in [2.45, 2.75) is 70.0 Å². The standard InChI is InChI=1S/C20H28F3NO5SSi/c1-14-18(29-31(5,6)19(2,3)4)16(28-30(26,27)20(21,22)23)12-17(25)24(14)13-15-10-8-7-9-11-15/h7-12,14,18H,13H2,1-6H3/t14-,18-/m0/s1. The fourth-order valence-corrected chi connectivity index (χ4v) is 4.58. The van der Waals surface area contributed by atoms with E-state index < -0.39 is 47.8 Å². The van der Waals surface area contributed by atoms with Crippen LogP contribution in [0.15, 0.2) is 42.2 Å². The van der Waals surface area contributed by atoms with Gasteiger partial charge in [-0.15, -0.1) is 0 Å². The lowest BCUT2D eigenvalue weighted by Crippen LogP contribution is -2.55. The SMILES string of the molecule is C[C@H]1[C@H](O[Si](C)(C)C(C)(C)C)C(OS(=O)(=O)C(F)(F)F)=CC(=O)N1Cc1ccccc1. The Balaban J connectivity index is 2.47. The molecule has 1 aromatic rings. The first-order valence-corrected chi connectivity index (χ1v) is 14.0. The normalized spacial score (nSPS) is 21.1. The van der Waals surface area contributed by atoms with E-state index in [1.54, 1.807) is 19.1 Å². The molecule has 0 spiro atoms. The average Bonchev–Trinajstić information content (AvgIpc) is 2.60. The molecule has 1 aliphatic rings. The fraction of sp³-hybridized carbons (Fsp3) is 0.550. The molecule has 174 valence electrons. The van der Waals surface area contributed by atoms with E-state index in [1.165, 1.54) is 4.90 Å². The summed E-state index contributed by atoms with van der Waals surface area (Å²) in [6.07, 6.45) is -0.385. The number of carbonyl (C=O) groups is 1. The van der Waals surface area contributed by atoms with Crippen LogP contribution in [0.1, 0.15) is 33.3 Å². The first kappa shape index (κ1) is 25.4. The van der Waals surface area contributed by atoms with Crippen molar-refractivity contribution < 1.29 is 35.0 Å². The Morgan fingerprint density at radius 1 is 1.10 bits per heavy atom. The molecule has 1 aliphatic heterocycles. The van der Waals surface area contributed by atoms with E-state index in [0.29, 0.717) is 0 Å². The van der Waals surface area contributed by atoms with Gasteiger partial charge < -0.3 is 13.5 Å². The zero-order valence-corrected chi connectivity index (χ0v) is 20.2. The molecule has 0 N–H and O–H groups in total. The van der Waals surface area contributed by atoms with Crippen molar-refractivity contribution >= 4 is 24.3 Å². The zero-order chi connectivity index (χ0) is 23.8. The van der Waals surface area contributed by atoms with E-state index in [4.69, 9.17) is 4.43 Å². The molecule has 1 aromatic carbocycles. The largest absolute Gasteiger partial charge is 0.534 e. The van der Waals surface area contributed by atoms with Crippen LogP contribution < -0.4 is 0 Å². The fourth-order valence-electron chi connectivity index (χ4n) is 2.79. The van der Waals surface area contributed by atoms with Crippen molar-refractivity contribution in [1.29, 1.82) is 0 Å². The molecule has 0 bridgehead atoms. The van der Waals surface area contributed by atoms with Crippen molar-refractivity contribution in [2.75, 3.05) is 0 Å². The van der Waals surface area contributed by atoms with Gasteiger partial charge in [0.25, 0.3) is 5.91 Å². The molecule has 0 aliphatic carbocycles. The molecule has 6 nitrogen and oxygen atoms in total. The molecule has 1 heterocycles. The molecule has 0 aromatic heterocycles. The molecule has 0 saturated heterocycles. The summed E-state index contributed by atoms with van der Waals surface area (Å²) in [5, 5.41) is -0.313. The van der Waals surface area contributed by atoms with Crippen molar-refractivity contribution in [3.63, 3.8) is 0 Å². The molecule has 0 unspecified atom stereocenters. The van der Waals surface area contributed by atoms with Gasteiger partial charge in [-0.1, -0.05) is 51.1 Å². The van der Waals surface area contributed by atoms with Gasteiger partial charge in [-0.25, -0.2) is 0 Å². The highest BCUT2D eigenvalue weighted by molar-refractivity contribution is 7.87. The van der Waals surface area contributed by atoms with Gasteiger partial charge in [-0.05, 0) is 30.6 Å². The summed E-state index contributed by atoms with van der Waals surface area (Å²) in [5.41, 5.74) is -4.81. The van der Waals surface area contributed by atoms with Gasteiger partial charge in [0.1, 0.15) is 6.10 Å². The summed E-state index contributed by atoms with van der Waals surface area (Å²) in [6, 6.07) is 8.30. The molecule has 0 fully saturated rings. The third-order valence-corrected chi connectivity index (χ3v) is 11.1. The smallest absolute Gasteiger partial charge is 0.405 e. The van der Waals surface area contributed by atoms with Gasteiger partial charge in [0.05, 0.1) is 6.04 Å². The molecule has 31 heavy (non-hydrogen) atoms. The summed E-state index contributed by atoms with van der Waals surface area (Å²) < 4.78 is 72.8.